The molecule has 164 valence electrons. The number of fused-ring (bicyclic) bond motifs is 1. The third-order valence-corrected chi connectivity index (χ3v) is 5.89. The molecule has 1 atom stereocenters. The van der Waals surface area contributed by atoms with E-state index in [2.05, 4.69) is 25.5 Å². The fourth-order valence-electron chi connectivity index (χ4n) is 4.16. The summed E-state index contributed by atoms with van der Waals surface area (Å²) in [6.07, 6.45) is 5.18. The molecule has 7 heteroatoms. The minimum Gasteiger partial charge on any atom is -0.497 e. The van der Waals surface area contributed by atoms with Crippen LogP contribution in [-0.4, -0.2) is 65.8 Å². The van der Waals surface area contributed by atoms with Gasteiger partial charge in [0.05, 0.1) is 18.7 Å². The first-order valence-corrected chi connectivity index (χ1v) is 10.9. The molecule has 0 bridgehead atoms. The first-order valence-electron chi connectivity index (χ1n) is 10.9. The van der Waals surface area contributed by atoms with Gasteiger partial charge in [-0.1, -0.05) is 6.07 Å². The minimum atomic E-state index is -0.551. The maximum absolute atomic E-state index is 10.9. The molecule has 4 rings (SSSR count). The number of aliphatic hydroxyl groups is 1. The monoisotopic (exact) mass is 421 g/mol. The summed E-state index contributed by atoms with van der Waals surface area (Å²) in [6, 6.07) is 14.1. The molecule has 1 aromatic carbocycles. The molecule has 3 N–H and O–H groups in total. The number of rotatable bonds is 9. The van der Waals surface area contributed by atoms with E-state index in [9.17, 15) is 5.11 Å². The van der Waals surface area contributed by atoms with Crippen molar-refractivity contribution in [2.24, 2.45) is 0 Å². The Labute approximate surface area is 183 Å². The number of pyridine rings is 2. The molecule has 0 spiro atoms. The zero-order chi connectivity index (χ0) is 21.5. The lowest BCUT2D eigenvalue weighted by Gasteiger charge is -2.33. The average Bonchev–Trinajstić information content (AvgIpc) is 2.82. The third kappa shape index (κ3) is 5.70. The number of piperidine rings is 1. The topological polar surface area (TPSA) is 82.5 Å². The lowest BCUT2D eigenvalue weighted by molar-refractivity contribution is 0.0952. The molecular formula is C24H31N5O2. The molecule has 0 aliphatic carbocycles. The molecule has 2 aromatic heterocycles. The van der Waals surface area contributed by atoms with Crippen LogP contribution in [-0.2, 0) is 0 Å². The highest BCUT2D eigenvalue weighted by atomic mass is 16.5. The van der Waals surface area contributed by atoms with Gasteiger partial charge in [-0.3, -0.25) is 4.98 Å². The van der Waals surface area contributed by atoms with Gasteiger partial charge in [0.25, 0.3) is 0 Å². The summed E-state index contributed by atoms with van der Waals surface area (Å²) in [7, 11) is 1.65. The predicted octanol–water partition coefficient (Wildman–Crippen LogP) is 2.84. The SMILES string of the molecule is COc1ccc2nccc([C@@H](O)CN3CCC(NCCNc4ccccn4)CC3)c2c1. The maximum Gasteiger partial charge on any atom is 0.125 e. The van der Waals surface area contributed by atoms with Gasteiger partial charge < -0.3 is 25.4 Å². The molecule has 7 nitrogen and oxygen atoms in total. The van der Waals surface area contributed by atoms with E-state index >= 15 is 0 Å². The molecule has 1 saturated heterocycles. The Bertz CT molecular complexity index is 961. The molecule has 0 radical (unpaired) electrons. The lowest BCUT2D eigenvalue weighted by Crippen LogP contribution is -2.44. The second kappa shape index (κ2) is 10.5. The number of benzene rings is 1. The van der Waals surface area contributed by atoms with E-state index in [1.54, 1.807) is 19.5 Å². The van der Waals surface area contributed by atoms with Gasteiger partial charge in [-0.15, -0.1) is 0 Å². The number of hydrogen-bond acceptors (Lipinski definition) is 7. The number of nitrogens with zero attached hydrogens (tertiary/aromatic N) is 3. The van der Waals surface area contributed by atoms with Crippen LogP contribution in [0, 0.1) is 0 Å². The van der Waals surface area contributed by atoms with E-state index in [4.69, 9.17) is 4.74 Å². The van der Waals surface area contributed by atoms with Crippen molar-refractivity contribution in [3.8, 4) is 5.75 Å². The number of aromatic nitrogens is 2. The maximum atomic E-state index is 10.9. The second-order valence-corrected chi connectivity index (χ2v) is 7.97. The smallest absolute Gasteiger partial charge is 0.125 e. The molecule has 3 aromatic rings. The number of anilines is 1. The standard InChI is InChI=1S/C24H31N5O2/c1-31-19-5-6-22-21(16-19)20(7-11-26-22)23(30)17-29-14-8-18(9-15-29)25-12-13-28-24-4-2-3-10-27-24/h2-7,10-11,16,18,23,25,30H,8-9,12-15,17H2,1H3,(H,27,28)/t23-/m0/s1. The average molecular weight is 422 g/mol. The predicted molar refractivity (Wildman–Crippen MR) is 123 cm³/mol. The van der Waals surface area contributed by atoms with Crippen LogP contribution >= 0.6 is 0 Å². The summed E-state index contributed by atoms with van der Waals surface area (Å²) in [5.74, 6) is 1.69. The Kier molecular flexibility index (Phi) is 7.30. The molecule has 0 unspecified atom stereocenters. The minimum absolute atomic E-state index is 0.518. The molecular weight excluding hydrogens is 390 g/mol. The number of ether oxygens (including phenoxy) is 1. The Morgan fingerprint density at radius 2 is 1.97 bits per heavy atom. The summed E-state index contributed by atoms with van der Waals surface area (Å²) in [5, 5.41) is 18.9. The fourth-order valence-corrected chi connectivity index (χ4v) is 4.16. The summed E-state index contributed by atoms with van der Waals surface area (Å²) < 4.78 is 5.35. The number of hydrogen-bond donors (Lipinski definition) is 3. The first-order chi connectivity index (χ1) is 15.2. The van der Waals surface area contributed by atoms with Gasteiger partial charge in [0.15, 0.2) is 0 Å². The quantitative estimate of drug-likeness (QED) is 0.458. The lowest BCUT2D eigenvalue weighted by atomic mass is 10.0. The van der Waals surface area contributed by atoms with Gasteiger partial charge >= 0.3 is 0 Å². The molecule has 3 heterocycles. The van der Waals surface area contributed by atoms with Crippen molar-refractivity contribution >= 4 is 16.7 Å². The van der Waals surface area contributed by atoms with Crippen molar-refractivity contribution < 1.29 is 9.84 Å². The molecule has 0 saturated carbocycles. The van der Waals surface area contributed by atoms with E-state index in [0.29, 0.717) is 12.6 Å². The number of nitrogens with one attached hydrogen (secondary N) is 2. The molecule has 1 fully saturated rings. The normalized spacial score (nSPS) is 16.3. The Hall–Kier alpha value is -2.74. The Morgan fingerprint density at radius 3 is 2.74 bits per heavy atom. The van der Waals surface area contributed by atoms with Gasteiger partial charge in [0, 0.05) is 43.5 Å². The highest BCUT2D eigenvalue weighted by Crippen LogP contribution is 2.27. The van der Waals surface area contributed by atoms with Crippen LogP contribution in [0.5, 0.6) is 5.75 Å². The van der Waals surface area contributed by atoms with Gasteiger partial charge in [-0.05, 0) is 67.9 Å². The van der Waals surface area contributed by atoms with Gasteiger partial charge in [-0.25, -0.2) is 4.98 Å². The van der Waals surface area contributed by atoms with Crippen LogP contribution in [0.15, 0.2) is 54.9 Å². The molecule has 0 amide bonds. The van der Waals surface area contributed by atoms with E-state index in [1.165, 1.54) is 0 Å². The van der Waals surface area contributed by atoms with Gasteiger partial charge in [-0.2, -0.15) is 0 Å². The van der Waals surface area contributed by atoms with E-state index in [0.717, 1.165) is 67.1 Å². The van der Waals surface area contributed by atoms with Crippen LogP contribution in [0.3, 0.4) is 0 Å². The highest BCUT2D eigenvalue weighted by Gasteiger charge is 2.22. The molecule has 31 heavy (non-hydrogen) atoms. The van der Waals surface area contributed by atoms with E-state index in [1.807, 2.05) is 42.5 Å². The Morgan fingerprint density at radius 1 is 1.10 bits per heavy atom. The van der Waals surface area contributed by atoms with Crippen LogP contribution in [0.25, 0.3) is 10.9 Å². The van der Waals surface area contributed by atoms with Crippen molar-refractivity contribution in [3.05, 3.63) is 60.4 Å². The third-order valence-electron chi connectivity index (χ3n) is 5.89. The summed E-state index contributed by atoms with van der Waals surface area (Å²) in [6.45, 7) is 4.36. The van der Waals surface area contributed by atoms with Crippen LogP contribution in [0.4, 0.5) is 5.82 Å². The van der Waals surface area contributed by atoms with Crippen molar-refractivity contribution in [2.75, 3.05) is 45.2 Å². The number of methoxy groups -OCH3 is 1. The van der Waals surface area contributed by atoms with E-state index in [-0.39, 0.29) is 0 Å². The molecule has 1 aliphatic heterocycles. The molecule has 1 aliphatic rings. The Balaban J connectivity index is 1.24. The highest BCUT2D eigenvalue weighted by molar-refractivity contribution is 5.83. The largest absolute Gasteiger partial charge is 0.497 e. The van der Waals surface area contributed by atoms with Gasteiger partial charge in [0.1, 0.15) is 11.6 Å². The van der Waals surface area contributed by atoms with E-state index < -0.39 is 6.10 Å². The van der Waals surface area contributed by atoms with Crippen molar-refractivity contribution in [3.63, 3.8) is 0 Å². The van der Waals surface area contributed by atoms with Crippen LogP contribution in [0.1, 0.15) is 24.5 Å². The first kappa shape index (κ1) is 21.5. The number of aliphatic hydroxyl groups excluding tert-OH is 1. The van der Waals surface area contributed by atoms with Crippen molar-refractivity contribution in [1.82, 2.24) is 20.2 Å². The van der Waals surface area contributed by atoms with Crippen LogP contribution in [0.2, 0.25) is 0 Å². The van der Waals surface area contributed by atoms with Crippen molar-refractivity contribution in [2.45, 2.75) is 25.0 Å². The fraction of sp³-hybridized carbons (Fsp3) is 0.417. The zero-order valence-corrected chi connectivity index (χ0v) is 18.0. The summed E-state index contributed by atoms with van der Waals surface area (Å²) >= 11 is 0. The number of likely N-dealkylation sites (tertiary alicyclic amines) is 1. The second-order valence-electron chi connectivity index (χ2n) is 7.97. The van der Waals surface area contributed by atoms with Crippen LogP contribution < -0.4 is 15.4 Å². The van der Waals surface area contributed by atoms with Gasteiger partial charge in [0.2, 0.25) is 0 Å². The summed E-state index contributed by atoms with van der Waals surface area (Å²) in [4.78, 5) is 11.0. The van der Waals surface area contributed by atoms with Crippen molar-refractivity contribution in [1.29, 1.82) is 0 Å². The summed E-state index contributed by atoms with van der Waals surface area (Å²) in [5.41, 5.74) is 1.78. The number of β-amino-alcohol motifs (C(OH)–C–C–N with tert-alkyl or cyclic N) is 1. The zero-order valence-electron chi connectivity index (χ0n) is 18.0.